The molecule has 3 aromatic rings. The van der Waals surface area contributed by atoms with Crippen molar-refractivity contribution >= 4 is 36.9 Å². The lowest BCUT2D eigenvalue weighted by molar-refractivity contribution is 0.0790. The van der Waals surface area contributed by atoms with Crippen LogP contribution in [-0.2, 0) is 0 Å². The van der Waals surface area contributed by atoms with E-state index in [0.29, 0.717) is 45.4 Å². The number of carbonyl (C=O) groups is 1. The van der Waals surface area contributed by atoms with Crippen molar-refractivity contribution in [3.8, 4) is 17.2 Å². The van der Waals surface area contributed by atoms with Gasteiger partial charge < -0.3 is 18.8 Å². The van der Waals surface area contributed by atoms with Crippen LogP contribution >= 0.6 is 11.6 Å². The molecule has 190 valence electrons. The molecule has 0 fully saturated rings. The Hall–Kier alpha value is -2.42. The molecule has 0 aromatic carbocycles. The summed E-state index contributed by atoms with van der Waals surface area (Å²) in [6, 6.07) is 3.45. The highest BCUT2D eigenvalue weighted by Crippen LogP contribution is 2.40. The molecular weight excluding hydrogens is 482 g/mol. The van der Waals surface area contributed by atoms with E-state index in [0.717, 1.165) is 18.4 Å². The van der Waals surface area contributed by atoms with Crippen molar-refractivity contribution in [2.24, 2.45) is 0 Å². The van der Waals surface area contributed by atoms with Crippen LogP contribution in [-0.4, -0.2) is 54.6 Å². The van der Waals surface area contributed by atoms with Gasteiger partial charge in [0.25, 0.3) is 5.91 Å². The third kappa shape index (κ3) is 5.71. The van der Waals surface area contributed by atoms with E-state index in [2.05, 4.69) is 23.8 Å². The van der Waals surface area contributed by atoms with E-state index in [9.17, 15) is 9.59 Å². The van der Waals surface area contributed by atoms with E-state index >= 15 is 0 Å². The molecule has 0 radical (unpaired) electrons. The van der Waals surface area contributed by atoms with Crippen LogP contribution in [0.5, 0.6) is 5.75 Å². The minimum Gasteiger partial charge on any atom is -0.494 e. The summed E-state index contributed by atoms with van der Waals surface area (Å²) in [6.07, 6.45) is 4.95. The van der Waals surface area contributed by atoms with Crippen LogP contribution in [0.2, 0.25) is 23.2 Å². The molecule has 0 atom stereocenters. The lowest BCUT2D eigenvalue weighted by Crippen LogP contribution is -2.39. The van der Waals surface area contributed by atoms with Crippen LogP contribution < -0.4 is 4.74 Å². The number of rotatable bonds is 9. The topological polar surface area (TPSA) is 88.7 Å². The molecule has 3 rings (SSSR count). The summed E-state index contributed by atoms with van der Waals surface area (Å²) in [4.78, 5) is 34.2. The summed E-state index contributed by atoms with van der Waals surface area (Å²) >= 11 is 6.56. The van der Waals surface area contributed by atoms with Gasteiger partial charge in [-0.15, -0.1) is 0 Å². The molecule has 0 aliphatic heterocycles. The van der Waals surface area contributed by atoms with Crippen LogP contribution in [0.3, 0.4) is 0 Å². The standard InChI is InChI=1S/C26H36ClN3O4Si/c1-16(2)18-15-28-19-13-21(34-24(19)22(18)27)23-20(33-6)12-17(14-29-23)25(31)30(5)11-9-10-26(3,4)35(7,8)32/h12-16,32H,9-11H2,1-8H3. The number of carbonyl (C=O) groups excluding carboxylic acids is 1. The zero-order valence-electron chi connectivity index (χ0n) is 21.9. The van der Waals surface area contributed by atoms with Gasteiger partial charge in [0.2, 0.25) is 0 Å². The average Bonchev–Trinajstić information content (AvgIpc) is 3.22. The molecular formula is C26H36ClN3O4Si. The fourth-order valence-corrected chi connectivity index (χ4v) is 4.96. The Balaban J connectivity index is 1.80. The number of fused-ring (bicyclic) bond motifs is 1. The Labute approximate surface area is 213 Å². The number of hydrogen-bond donors (Lipinski definition) is 1. The maximum atomic E-state index is 13.0. The van der Waals surface area contributed by atoms with Gasteiger partial charge in [0.05, 0.1) is 17.7 Å². The SMILES string of the molecule is COc1cc(C(=O)N(C)CCCC(C)(C)[Si](C)(C)O)cnc1-c1cc2ncc(C(C)C)c(Cl)c2o1. The number of pyridine rings is 2. The molecule has 0 aliphatic carbocycles. The lowest BCUT2D eigenvalue weighted by atomic mass is 10.1. The van der Waals surface area contributed by atoms with Crippen LogP contribution in [0.1, 0.15) is 62.4 Å². The molecule has 1 N–H and O–H groups in total. The quantitative estimate of drug-likeness (QED) is 0.325. The highest BCUT2D eigenvalue weighted by atomic mass is 35.5. The molecule has 0 aliphatic rings. The maximum absolute atomic E-state index is 13.0. The molecule has 0 saturated carbocycles. The number of ether oxygens (including phenoxy) is 1. The second-order valence-electron chi connectivity index (χ2n) is 10.6. The van der Waals surface area contributed by atoms with Crippen LogP contribution in [0, 0.1) is 0 Å². The Morgan fingerprint density at radius 3 is 2.54 bits per heavy atom. The first kappa shape index (κ1) is 27.2. The Morgan fingerprint density at radius 2 is 1.94 bits per heavy atom. The van der Waals surface area contributed by atoms with E-state index in [-0.39, 0.29) is 16.9 Å². The van der Waals surface area contributed by atoms with Crippen molar-refractivity contribution in [1.29, 1.82) is 0 Å². The van der Waals surface area contributed by atoms with E-state index < -0.39 is 8.32 Å². The van der Waals surface area contributed by atoms with E-state index in [1.807, 2.05) is 26.9 Å². The molecule has 1 amide bonds. The van der Waals surface area contributed by atoms with Gasteiger partial charge in [-0.1, -0.05) is 39.3 Å². The second-order valence-corrected chi connectivity index (χ2v) is 15.4. The second kappa shape index (κ2) is 10.3. The Kier molecular flexibility index (Phi) is 7.98. The van der Waals surface area contributed by atoms with E-state index in [4.69, 9.17) is 20.8 Å². The first-order valence-electron chi connectivity index (χ1n) is 11.9. The normalized spacial score (nSPS) is 12.4. The van der Waals surface area contributed by atoms with Crippen molar-refractivity contribution in [2.45, 2.75) is 64.6 Å². The van der Waals surface area contributed by atoms with Crippen LogP contribution in [0.25, 0.3) is 22.6 Å². The van der Waals surface area contributed by atoms with Gasteiger partial charge in [0.1, 0.15) is 17.0 Å². The van der Waals surface area contributed by atoms with Gasteiger partial charge in [0.15, 0.2) is 19.7 Å². The lowest BCUT2D eigenvalue weighted by Gasteiger charge is -2.35. The number of amides is 1. The number of nitrogens with zero attached hydrogens (tertiary/aromatic N) is 3. The van der Waals surface area contributed by atoms with Crippen molar-refractivity contribution in [3.63, 3.8) is 0 Å². The van der Waals surface area contributed by atoms with Gasteiger partial charge in [-0.3, -0.25) is 9.78 Å². The zero-order valence-corrected chi connectivity index (χ0v) is 23.7. The molecule has 0 bridgehead atoms. The van der Waals surface area contributed by atoms with Gasteiger partial charge in [0, 0.05) is 32.1 Å². The third-order valence-corrected chi connectivity index (χ3v) is 10.9. The number of methoxy groups -OCH3 is 1. The predicted molar refractivity (Wildman–Crippen MR) is 143 cm³/mol. The van der Waals surface area contributed by atoms with Gasteiger partial charge in [-0.05, 0) is 48.5 Å². The molecule has 3 aromatic heterocycles. The summed E-state index contributed by atoms with van der Waals surface area (Å²) in [5.41, 5.74) is 2.96. The van der Waals surface area contributed by atoms with Crippen LogP contribution in [0.4, 0.5) is 0 Å². The summed E-state index contributed by atoms with van der Waals surface area (Å²) in [6.45, 7) is 12.8. The first-order chi connectivity index (χ1) is 16.3. The third-order valence-electron chi connectivity index (χ3n) is 6.98. The van der Waals surface area contributed by atoms with Gasteiger partial charge >= 0.3 is 0 Å². The average molecular weight is 518 g/mol. The fraction of sp³-hybridized carbons (Fsp3) is 0.500. The van der Waals surface area contributed by atoms with Crippen molar-refractivity contribution in [1.82, 2.24) is 14.9 Å². The van der Waals surface area contributed by atoms with Gasteiger partial charge in [-0.2, -0.15) is 0 Å². The number of halogens is 1. The molecule has 0 saturated heterocycles. The van der Waals surface area contributed by atoms with Crippen molar-refractivity contribution < 1.29 is 18.7 Å². The smallest absolute Gasteiger partial charge is 0.255 e. The fourth-order valence-electron chi connectivity index (χ4n) is 3.77. The van der Waals surface area contributed by atoms with Crippen LogP contribution in [0.15, 0.2) is 28.9 Å². The minimum atomic E-state index is -2.28. The number of aromatic nitrogens is 2. The molecule has 0 unspecified atom stereocenters. The summed E-state index contributed by atoms with van der Waals surface area (Å²) < 4.78 is 11.6. The summed E-state index contributed by atoms with van der Waals surface area (Å²) in [7, 11) is 1.03. The van der Waals surface area contributed by atoms with Crippen molar-refractivity contribution in [3.05, 3.63) is 40.7 Å². The largest absolute Gasteiger partial charge is 0.494 e. The minimum absolute atomic E-state index is 0.121. The van der Waals surface area contributed by atoms with E-state index in [1.54, 1.807) is 30.3 Å². The summed E-state index contributed by atoms with van der Waals surface area (Å²) in [5.74, 6) is 0.970. The molecule has 35 heavy (non-hydrogen) atoms. The van der Waals surface area contributed by atoms with Crippen molar-refractivity contribution in [2.75, 3.05) is 20.7 Å². The van der Waals surface area contributed by atoms with E-state index in [1.165, 1.54) is 13.3 Å². The molecule has 3 heterocycles. The molecule has 0 spiro atoms. The molecule has 7 nitrogen and oxygen atoms in total. The number of furan rings is 1. The Morgan fingerprint density at radius 1 is 1.26 bits per heavy atom. The predicted octanol–water partition coefficient (Wildman–Crippen LogP) is 6.51. The monoisotopic (exact) mass is 517 g/mol. The summed E-state index contributed by atoms with van der Waals surface area (Å²) in [5, 5.41) is 0.419. The molecule has 9 heteroatoms. The zero-order chi connectivity index (χ0) is 26.1. The number of hydrogen-bond acceptors (Lipinski definition) is 6. The Bertz CT molecular complexity index is 1220. The maximum Gasteiger partial charge on any atom is 0.255 e. The highest BCUT2D eigenvalue weighted by molar-refractivity contribution is 6.72. The highest BCUT2D eigenvalue weighted by Gasteiger charge is 2.37. The van der Waals surface area contributed by atoms with Gasteiger partial charge in [-0.25, -0.2) is 4.98 Å². The first-order valence-corrected chi connectivity index (χ1v) is 15.2.